The molecular weight excluding hydrogens is 360 g/mol. The highest BCUT2D eigenvalue weighted by molar-refractivity contribution is 5.87. The molecule has 7 heteroatoms. The molecule has 0 fully saturated rings. The minimum absolute atomic E-state index is 0.0792. The van der Waals surface area contributed by atoms with Crippen LogP contribution in [0.1, 0.15) is 23.6 Å². The predicted molar refractivity (Wildman–Crippen MR) is 103 cm³/mol. The first-order valence-electron chi connectivity index (χ1n) is 8.88. The van der Waals surface area contributed by atoms with Crippen LogP contribution in [0.3, 0.4) is 0 Å². The van der Waals surface area contributed by atoms with E-state index in [9.17, 15) is 14.4 Å². The molecule has 0 unspecified atom stereocenters. The molecule has 7 nitrogen and oxygen atoms in total. The van der Waals surface area contributed by atoms with Gasteiger partial charge in [-0.1, -0.05) is 60.2 Å². The van der Waals surface area contributed by atoms with Crippen LogP contribution in [-0.2, 0) is 27.5 Å². The Bertz CT molecular complexity index is 805. The summed E-state index contributed by atoms with van der Waals surface area (Å²) in [6, 6.07) is 15.7. The molecule has 0 bridgehead atoms. The van der Waals surface area contributed by atoms with Crippen LogP contribution in [0.2, 0.25) is 0 Å². The van der Waals surface area contributed by atoms with Crippen molar-refractivity contribution >= 4 is 18.0 Å². The Kier molecular flexibility index (Phi) is 7.56. The molecule has 2 aromatic carbocycles. The number of carboxylic acids is 1. The van der Waals surface area contributed by atoms with Crippen molar-refractivity contribution in [3.8, 4) is 0 Å². The zero-order valence-corrected chi connectivity index (χ0v) is 15.9. The quantitative estimate of drug-likeness (QED) is 0.730. The van der Waals surface area contributed by atoms with Crippen molar-refractivity contribution in [3.63, 3.8) is 0 Å². The van der Waals surface area contributed by atoms with E-state index in [1.54, 1.807) is 0 Å². The maximum absolute atomic E-state index is 12.7. The number of hydrogen-bond donors (Lipinski definition) is 2. The lowest BCUT2D eigenvalue weighted by atomic mass is 10.1. The molecule has 0 radical (unpaired) electrons. The minimum atomic E-state index is -1.13. The Balaban J connectivity index is 1.94. The van der Waals surface area contributed by atoms with Gasteiger partial charge in [-0.3, -0.25) is 9.59 Å². The summed E-state index contributed by atoms with van der Waals surface area (Å²) in [5.41, 5.74) is 2.69. The van der Waals surface area contributed by atoms with Gasteiger partial charge in [-0.05, 0) is 25.0 Å². The molecule has 2 aromatic rings. The molecule has 1 atom stereocenters. The normalized spacial score (nSPS) is 11.4. The van der Waals surface area contributed by atoms with E-state index in [1.165, 1.54) is 11.8 Å². The van der Waals surface area contributed by atoms with Gasteiger partial charge in [-0.25, -0.2) is 4.79 Å². The highest BCUT2D eigenvalue weighted by atomic mass is 16.5. The molecule has 2 amide bonds. The molecule has 0 aliphatic heterocycles. The van der Waals surface area contributed by atoms with E-state index in [1.807, 2.05) is 61.5 Å². The van der Waals surface area contributed by atoms with Crippen LogP contribution < -0.4 is 5.32 Å². The van der Waals surface area contributed by atoms with E-state index in [4.69, 9.17) is 9.84 Å². The Morgan fingerprint density at radius 2 is 1.68 bits per heavy atom. The summed E-state index contributed by atoms with van der Waals surface area (Å²) >= 11 is 0. The number of carboxylic acid groups (broad SMARTS) is 1. The highest BCUT2D eigenvalue weighted by Crippen LogP contribution is 2.09. The number of aryl methyl sites for hydroxylation is 1. The van der Waals surface area contributed by atoms with Crippen LogP contribution in [0.5, 0.6) is 0 Å². The molecular formula is C21H24N2O5. The van der Waals surface area contributed by atoms with Gasteiger partial charge >= 0.3 is 12.1 Å². The minimum Gasteiger partial charge on any atom is -0.480 e. The van der Waals surface area contributed by atoms with Gasteiger partial charge in [0.05, 0.1) is 0 Å². The summed E-state index contributed by atoms with van der Waals surface area (Å²) in [5, 5.41) is 11.6. The lowest BCUT2D eigenvalue weighted by molar-refractivity contribution is -0.145. The number of amides is 2. The molecule has 0 heterocycles. The Hall–Kier alpha value is -3.35. The summed E-state index contributed by atoms with van der Waals surface area (Å²) in [5.74, 6) is -1.63. The maximum atomic E-state index is 12.7. The number of benzene rings is 2. The first-order chi connectivity index (χ1) is 13.3. The van der Waals surface area contributed by atoms with Crippen LogP contribution in [0.4, 0.5) is 4.79 Å². The number of nitrogens with one attached hydrogen (secondary N) is 1. The van der Waals surface area contributed by atoms with Crippen molar-refractivity contribution in [2.24, 2.45) is 0 Å². The number of carbonyl (C=O) groups is 3. The van der Waals surface area contributed by atoms with Gasteiger partial charge in [0, 0.05) is 6.54 Å². The number of ether oxygens (including phenoxy) is 1. The predicted octanol–water partition coefficient (Wildman–Crippen LogP) is 2.72. The van der Waals surface area contributed by atoms with Gasteiger partial charge in [-0.15, -0.1) is 0 Å². The van der Waals surface area contributed by atoms with E-state index in [0.29, 0.717) is 0 Å². The average Bonchev–Trinajstić information content (AvgIpc) is 2.67. The third-order valence-electron chi connectivity index (χ3n) is 4.05. The molecule has 2 N–H and O–H groups in total. The topological polar surface area (TPSA) is 95.9 Å². The number of alkyl carbamates (subject to hydrolysis) is 1. The first-order valence-corrected chi connectivity index (χ1v) is 8.88. The highest BCUT2D eigenvalue weighted by Gasteiger charge is 2.24. The number of nitrogens with zero attached hydrogens (tertiary/aromatic N) is 1. The maximum Gasteiger partial charge on any atom is 0.408 e. The number of carbonyl (C=O) groups excluding carboxylic acids is 2. The van der Waals surface area contributed by atoms with Gasteiger partial charge in [0.15, 0.2) is 0 Å². The number of rotatable bonds is 8. The molecule has 28 heavy (non-hydrogen) atoms. The zero-order valence-electron chi connectivity index (χ0n) is 15.9. The SMILES string of the molecule is Cc1ccc(CN(CC(=O)O)C(=O)[C@H](C)NC(=O)OCc2ccccc2)cc1. The Labute approximate surface area is 163 Å². The average molecular weight is 384 g/mol. The molecule has 0 saturated carbocycles. The summed E-state index contributed by atoms with van der Waals surface area (Å²) < 4.78 is 5.10. The summed E-state index contributed by atoms with van der Waals surface area (Å²) in [4.78, 5) is 36.9. The van der Waals surface area contributed by atoms with Gasteiger partial charge in [0.1, 0.15) is 19.2 Å². The Morgan fingerprint density at radius 3 is 2.29 bits per heavy atom. The van der Waals surface area contributed by atoms with Crippen molar-refractivity contribution < 1.29 is 24.2 Å². The molecule has 0 aliphatic rings. The van der Waals surface area contributed by atoms with E-state index < -0.39 is 30.6 Å². The fraction of sp³-hybridized carbons (Fsp3) is 0.286. The van der Waals surface area contributed by atoms with E-state index in [0.717, 1.165) is 16.7 Å². The fourth-order valence-corrected chi connectivity index (χ4v) is 2.57. The fourth-order valence-electron chi connectivity index (χ4n) is 2.57. The third kappa shape index (κ3) is 6.75. The zero-order chi connectivity index (χ0) is 20.5. The van der Waals surface area contributed by atoms with Crippen LogP contribution in [0, 0.1) is 6.92 Å². The third-order valence-corrected chi connectivity index (χ3v) is 4.05. The van der Waals surface area contributed by atoms with E-state index in [-0.39, 0.29) is 13.2 Å². The largest absolute Gasteiger partial charge is 0.480 e. The second-order valence-corrected chi connectivity index (χ2v) is 6.50. The molecule has 0 aliphatic carbocycles. The van der Waals surface area contributed by atoms with Crippen molar-refractivity contribution in [2.45, 2.75) is 33.0 Å². The van der Waals surface area contributed by atoms with Crippen LogP contribution >= 0.6 is 0 Å². The number of hydrogen-bond acceptors (Lipinski definition) is 4. The standard InChI is InChI=1S/C21H24N2O5/c1-15-8-10-17(11-9-15)12-23(13-19(24)25)20(26)16(2)22-21(27)28-14-18-6-4-3-5-7-18/h3-11,16H,12-14H2,1-2H3,(H,22,27)(H,24,25)/t16-/m0/s1. The van der Waals surface area contributed by atoms with Gasteiger partial charge in [0.2, 0.25) is 5.91 Å². The molecule has 0 spiro atoms. The van der Waals surface area contributed by atoms with Crippen molar-refractivity contribution in [2.75, 3.05) is 6.54 Å². The van der Waals surface area contributed by atoms with Gasteiger partial charge < -0.3 is 20.1 Å². The Morgan fingerprint density at radius 1 is 1.04 bits per heavy atom. The second kappa shape index (κ2) is 10.1. The molecule has 0 aromatic heterocycles. The summed E-state index contributed by atoms with van der Waals surface area (Å²) in [6.45, 7) is 3.19. The first kappa shape index (κ1) is 21.0. The molecule has 0 saturated heterocycles. The molecule has 2 rings (SSSR count). The van der Waals surface area contributed by atoms with E-state index >= 15 is 0 Å². The summed E-state index contributed by atoms with van der Waals surface area (Å²) in [7, 11) is 0. The van der Waals surface area contributed by atoms with Crippen LogP contribution in [0.15, 0.2) is 54.6 Å². The smallest absolute Gasteiger partial charge is 0.408 e. The van der Waals surface area contributed by atoms with E-state index in [2.05, 4.69) is 5.32 Å². The number of aliphatic carboxylic acids is 1. The van der Waals surface area contributed by atoms with Crippen molar-refractivity contribution in [3.05, 3.63) is 71.3 Å². The van der Waals surface area contributed by atoms with Gasteiger partial charge in [0.25, 0.3) is 0 Å². The lowest BCUT2D eigenvalue weighted by Gasteiger charge is -2.24. The second-order valence-electron chi connectivity index (χ2n) is 6.50. The summed E-state index contributed by atoms with van der Waals surface area (Å²) in [6.07, 6.45) is -0.740. The lowest BCUT2D eigenvalue weighted by Crippen LogP contribution is -2.48. The van der Waals surface area contributed by atoms with Crippen molar-refractivity contribution in [1.82, 2.24) is 10.2 Å². The van der Waals surface area contributed by atoms with Gasteiger partial charge in [-0.2, -0.15) is 0 Å². The van der Waals surface area contributed by atoms with Crippen molar-refractivity contribution in [1.29, 1.82) is 0 Å². The molecule has 148 valence electrons. The van der Waals surface area contributed by atoms with Crippen LogP contribution in [0.25, 0.3) is 0 Å². The monoisotopic (exact) mass is 384 g/mol. The van der Waals surface area contributed by atoms with Crippen LogP contribution in [-0.4, -0.2) is 40.6 Å².